The van der Waals surface area contributed by atoms with Crippen molar-refractivity contribution in [2.75, 3.05) is 38.1 Å². The number of anilines is 1. The van der Waals surface area contributed by atoms with E-state index in [0.29, 0.717) is 31.9 Å². The normalized spacial score (nSPS) is 16.3. The lowest BCUT2D eigenvalue weighted by atomic mass is 9.91. The number of rotatable bonds is 1. The Kier molecular flexibility index (Phi) is 7.13. The van der Waals surface area contributed by atoms with Crippen LogP contribution < -0.4 is 10.6 Å². The first-order valence-electron chi connectivity index (χ1n) is 11.0. The van der Waals surface area contributed by atoms with Gasteiger partial charge in [0.1, 0.15) is 5.69 Å². The Morgan fingerprint density at radius 2 is 1.78 bits per heavy atom. The molecule has 0 saturated carbocycles. The summed E-state index contributed by atoms with van der Waals surface area (Å²) in [6, 6.07) is 9.35. The zero-order chi connectivity index (χ0) is 23.5. The van der Waals surface area contributed by atoms with Gasteiger partial charge in [-0.2, -0.15) is 4.98 Å². The number of H-pyrrole nitrogens is 1. The molecule has 0 aliphatic carbocycles. The smallest absolute Gasteiger partial charge is 0.332 e. The van der Waals surface area contributed by atoms with Gasteiger partial charge in [-0.15, -0.1) is 0 Å². The van der Waals surface area contributed by atoms with Crippen molar-refractivity contribution in [1.82, 2.24) is 19.8 Å². The maximum Gasteiger partial charge on any atom is 0.345 e. The van der Waals surface area contributed by atoms with Gasteiger partial charge in [-0.3, -0.25) is 9.59 Å². The summed E-state index contributed by atoms with van der Waals surface area (Å²) in [4.78, 5) is 50.5. The first-order chi connectivity index (χ1) is 15.1. The van der Waals surface area contributed by atoms with Gasteiger partial charge in [0.05, 0.1) is 0 Å². The SMILES string of the molecule is CC(=O)N1CCCN(C)CCN(C(=O)c2cc(C(C)(C)C)[nH]c(=O)n2)Cc2ccccc21. The van der Waals surface area contributed by atoms with E-state index in [-0.39, 0.29) is 22.9 Å². The second-order valence-electron chi connectivity index (χ2n) is 9.42. The molecule has 2 aromatic rings. The molecule has 8 heteroatoms. The van der Waals surface area contributed by atoms with E-state index in [0.717, 1.165) is 24.2 Å². The minimum atomic E-state index is -0.529. The molecule has 3 rings (SSSR count). The molecule has 0 spiro atoms. The fourth-order valence-electron chi connectivity index (χ4n) is 3.85. The van der Waals surface area contributed by atoms with Crippen LogP contribution in [-0.4, -0.2) is 64.8 Å². The summed E-state index contributed by atoms with van der Waals surface area (Å²) in [5, 5.41) is 0. The number of amides is 2. The minimum absolute atomic E-state index is 0.0247. The number of hydrogen-bond donors (Lipinski definition) is 1. The lowest BCUT2D eigenvalue weighted by molar-refractivity contribution is -0.116. The lowest BCUT2D eigenvalue weighted by Gasteiger charge is -2.27. The number of carbonyl (C=O) groups is 2. The highest BCUT2D eigenvalue weighted by Crippen LogP contribution is 2.24. The van der Waals surface area contributed by atoms with Gasteiger partial charge >= 0.3 is 5.69 Å². The molecule has 1 aliphatic rings. The van der Waals surface area contributed by atoms with Crippen molar-refractivity contribution in [2.24, 2.45) is 0 Å². The van der Waals surface area contributed by atoms with E-state index < -0.39 is 5.69 Å². The molecule has 0 unspecified atom stereocenters. The number of aromatic nitrogens is 2. The van der Waals surface area contributed by atoms with E-state index in [9.17, 15) is 14.4 Å². The standard InChI is InChI=1S/C24H33N5O3/c1-17(30)29-12-8-11-27(5)13-14-28(16-18-9-6-7-10-20(18)29)22(31)19-15-21(24(2,3)4)26-23(32)25-19/h6-7,9-10,15H,8,11-14,16H2,1-5H3,(H,25,26,32). The molecule has 0 radical (unpaired) electrons. The van der Waals surface area contributed by atoms with Gasteiger partial charge in [-0.1, -0.05) is 39.0 Å². The predicted molar refractivity (Wildman–Crippen MR) is 125 cm³/mol. The average Bonchev–Trinajstić information content (AvgIpc) is 2.75. The van der Waals surface area contributed by atoms with Crippen molar-refractivity contribution < 1.29 is 9.59 Å². The number of carbonyl (C=O) groups excluding carboxylic acids is 2. The maximum absolute atomic E-state index is 13.5. The Morgan fingerprint density at radius 1 is 1.06 bits per heavy atom. The monoisotopic (exact) mass is 439 g/mol. The summed E-state index contributed by atoms with van der Waals surface area (Å²) in [5.74, 6) is -0.318. The summed E-state index contributed by atoms with van der Waals surface area (Å²) in [6.07, 6.45) is 0.836. The highest BCUT2D eigenvalue weighted by atomic mass is 16.2. The number of aromatic amines is 1. The van der Waals surface area contributed by atoms with Crippen molar-refractivity contribution in [1.29, 1.82) is 0 Å². The molecule has 172 valence electrons. The molecule has 8 nitrogen and oxygen atoms in total. The molecule has 0 saturated heterocycles. The van der Waals surface area contributed by atoms with Crippen LogP contribution in [0.3, 0.4) is 0 Å². The summed E-state index contributed by atoms with van der Waals surface area (Å²) in [5.41, 5.74) is 1.66. The number of fused-ring (bicyclic) bond motifs is 1. The first kappa shape index (κ1) is 23.7. The maximum atomic E-state index is 13.5. The van der Waals surface area contributed by atoms with Gasteiger partial charge in [0, 0.05) is 49.9 Å². The third-order valence-electron chi connectivity index (χ3n) is 5.76. The van der Waals surface area contributed by atoms with E-state index in [2.05, 4.69) is 14.9 Å². The molecule has 1 N–H and O–H groups in total. The number of nitrogens with one attached hydrogen (secondary N) is 1. The Balaban J connectivity index is 2.02. The van der Waals surface area contributed by atoms with E-state index in [1.807, 2.05) is 52.1 Å². The Hall–Kier alpha value is -3.00. The molecule has 32 heavy (non-hydrogen) atoms. The highest BCUT2D eigenvalue weighted by Gasteiger charge is 2.25. The second-order valence-corrected chi connectivity index (χ2v) is 9.42. The number of para-hydroxylation sites is 1. The van der Waals surface area contributed by atoms with Crippen LogP contribution in [0.15, 0.2) is 35.1 Å². The molecule has 1 aromatic carbocycles. The quantitative estimate of drug-likeness (QED) is 0.737. The van der Waals surface area contributed by atoms with E-state index in [4.69, 9.17) is 0 Å². The van der Waals surface area contributed by atoms with Crippen LogP contribution in [0, 0.1) is 0 Å². The van der Waals surface area contributed by atoms with Crippen molar-refractivity contribution in [3.05, 3.63) is 57.8 Å². The van der Waals surface area contributed by atoms with Gasteiger partial charge in [0.25, 0.3) is 5.91 Å². The number of hydrogen-bond acceptors (Lipinski definition) is 5. The van der Waals surface area contributed by atoms with Crippen molar-refractivity contribution in [3.63, 3.8) is 0 Å². The van der Waals surface area contributed by atoms with Crippen LogP contribution in [0.4, 0.5) is 5.69 Å². The summed E-state index contributed by atoms with van der Waals surface area (Å²) < 4.78 is 0. The van der Waals surface area contributed by atoms with Gasteiger partial charge in [-0.05, 0) is 37.7 Å². The summed E-state index contributed by atoms with van der Waals surface area (Å²) in [7, 11) is 2.01. The van der Waals surface area contributed by atoms with Crippen molar-refractivity contribution in [2.45, 2.75) is 46.1 Å². The Bertz CT molecular complexity index is 1040. The van der Waals surface area contributed by atoms with E-state index >= 15 is 0 Å². The minimum Gasteiger partial charge on any atom is -0.332 e. The van der Waals surface area contributed by atoms with Crippen LogP contribution >= 0.6 is 0 Å². The van der Waals surface area contributed by atoms with Crippen LogP contribution in [0.2, 0.25) is 0 Å². The zero-order valence-electron chi connectivity index (χ0n) is 19.6. The van der Waals surface area contributed by atoms with Gasteiger partial charge in [0.2, 0.25) is 5.91 Å². The van der Waals surface area contributed by atoms with Gasteiger partial charge < -0.3 is 19.7 Å². The van der Waals surface area contributed by atoms with Gasteiger partial charge in [0.15, 0.2) is 0 Å². The molecule has 0 fully saturated rings. The molecular weight excluding hydrogens is 406 g/mol. The molecule has 2 heterocycles. The number of benzene rings is 1. The number of nitrogens with zero attached hydrogens (tertiary/aromatic N) is 4. The molecule has 1 aliphatic heterocycles. The predicted octanol–water partition coefficient (Wildman–Crippen LogP) is 2.40. The van der Waals surface area contributed by atoms with Crippen molar-refractivity contribution in [3.8, 4) is 0 Å². The fraction of sp³-hybridized carbons (Fsp3) is 0.500. The van der Waals surface area contributed by atoms with Crippen LogP contribution in [-0.2, 0) is 16.8 Å². The molecule has 0 atom stereocenters. The van der Waals surface area contributed by atoms with Gasteiger partial charge in [-0.25, -0.2) is 4.79 Å². The van der Waals surface area contributed by atoms with Crippen LogP contribution in [0.1, 0.15) is 55.9 Å². The van der Waals surface area contributed by atoms with Crippen LogP contribution in [0.5, 0.6) is 0 Å². The number of likely N-dealkylation sites (N-methyl/N-ethyl adjacent to an activating group) is 1. The topological polar surface area (TPSA) is 89.6 Å². The van der Waals surface area contributed by atoms with E-state index in [1.165, 1.54) is 0 Å². The Labute approximate surface area is 189 Å². The Morgan fingerprint density at radius 3 is 2.47 bits per heavy atom. The largest absolute Gasteiger partial charge is 0.345 e. The fourth-order valence-corrected chi connectivity index (χ4v) is 3.85. The third kappa shape index (κ3) is 5.62. The molecule has 1 aromatic heterocycles. The first-order valence-corrected chi connectivity index (χ1v) is 11.0. The summed E-state index contributed by atoms with van der Waals surface area (Å²) >= 11 is 0. The van der Waals surface area contributed by atoms with Crippen LogP contribution in [0.25, 0.3) is 0 Å². The summed E-state index contributed by atoms with van der Waals surface area (Å²) in [6.45, 7) is 10.4. The zero-order valence-corrected chi connectivity index (χ0v) is 19.6. The molecule has 2 amide bonds. The lowest BCUT2D eigenvalue weighted by Crippen LogP contribution is -2.38. The highest BCUT2D eigenvalue weighted by molar-refractivity contribution is 5.94. The second kappa shape index (κ2) is 9.65. The molecule has 0 bridgehead atoms. The van der Waals surface area contributed by atoms with E-state index in [1.54, 1.807) is 22.8 Å². The average molecular weight is 440 g/mol. The van der Waals surface area contributed by atoms with Crippen molar-refractivity contribution >= 4 is 17.5 Å². The molecular formula is C24H33N5O3. The third-order valence-corrected chi connectivity index (χ3v) is 5.76.